The summed E-state index contributed by atoms with van der Waals surface area (Å²) in [7, 11) is 0. The van der Waals surface area contributed by atoms with E-state index in [4.69, 9.17) is 4.74 Å². The van der Waals surface area contributed by atoms with Crippen molar-refractivity contribution in [2.75, 3.05) is 25.1 Å². The van der Waals surface area contributed by atoms with Crippen LogP contribution in [0.1, 0.15) is 18.4 Å². The molecule has 0 amide bonds. The van der Waals surface area contributed by atoms with Crippen LogP contribution in [0.3, 0.4) is 0 Å². The van der Waals surface area contributed by atoms with E-state index in [9.17, 15) is 17.6 Å². The van der Waals surface area contributed by atoms with Crippen molar-refractivity contribution in [3.8, 4) is 0 Å². The Hall–Kier alpha value is -1.30. The maximum atomic E-state index is 13.5. The minimum Gasteiger partial charge on any atom is -0.383 e. The zero-order valence-electron chi connectivity index (χ0n) is 10.3. The van der Waals surface area contributed by atoms with Crippen molar-refractivity contribution >= 4 is 5.69 Å². The van der Waals surface area contributed by atoms with E-state index in [1.54, 1.807) is 0 Å². The molecule has 1 heterocycles. The third-order valence-electron chi connectivity index (χ3n) is 3.19. The molecule has 1 atom stereocenters. The monoisotopic (exact) mass is 277 g/mol. The molecule has 106 valence electrons. The number of benzene rings is 1. The van der Waals surface area contributed by atoms with Crippen LogP contribution in [-0.4, -0.2) is 19.8 Å². The van der Waals surface area contributed by atoms with Gasteiger partial charge in [0.1, 0.15) is 5.82 Å². The Morgan fingerprint density at radius 2 is 2.11 bits per heavy atom. The van der Waals surface area contributed by atoms with Gasteiger partial charge in [-0.15, -0.1) is 0 Å². The molecule has 0 spiro atoms. The van der Waals surface area contributed by atoms with Crippen LogP contribution in [-0.2, 0) is 10.9 Å². The molecule has 0 radical (unpaired) electrons. The molecule has 0 saturated carbocycles. The number of ether oxygens (including phenoxy) is 1. The summed E-state index contributed by atoms with van der Waals surface area (Å²) in [5.74, 6) is -0.428. The lowest BCUT2D eigenvalue weighted by Crippen LogP contribution is -2.11. The van der Waals surface area contributed by atoms with E-state index in [2.05, 4.69) is 5.32 Å². The first-order valence-electron chi connectivity index (χ1n) is 6.15. The van der Waals surface area contributed by atoms with Gasteiger partial charge < -0.3 is 10.1 Å². The predicted octanol–water partition coefficient (Wildman–Crippen LogP) is 3.68. The van der Waals surface area contributed by atoms with Crippen LogP contribution in [0.2, 0.25) is 0 Å². The molecule has 1 saturated heterocycles. The van der Waals surface area contributed by atoms with E-state index >= 15 is 0 Å². The first kappa shape index (κ1) is 14.1. The van der Waals surface area contributed by atoms with Gasteiger partial charge in [-0.1, -0.05) is 0 Å². The summed E-state index contributed by atoms with van der Waals surface area (Å²) in [5.41, 5.74) is -0.869. The summed E-state index contributed by atoms with van der Waals surface area (Å²) < 4.78 is 55.8. The molecule has 1 fully saturated rings. The Bertz CT molecular complexity index is 427. The van der Waals surface area contributed by atoms with Crippen molar-refractivity contribution in [1.29, 1.82) is 0 Å². The van der Waals surface area contributed by atoms with E-state index in [1.807, 2.05) is 0 Å². The third-order valence-corrected chi connectivity index (χ3v) is 3.19. The lowest BCUT2D eigenvalue weighted by atomic mass is 10.1. The van der Waals surface area contributed by atoms with E-state index in [-0.39, 0.29) is 5.69 Å². The Balaban J connectivity index is 1.90. The fourth-order valence-electron chi connectivity index (χ4n) is 2.06. The average molecular weight is 277 g/mol. The first-order chi connectivity index (χ1) is 8.97. The number of nitrogens with one attached hydrogen (secondary N) is 1. The molecule has 19 heavy (non-hydrogen) atoms. The number of alkyl halides is 3. The molecular weight excluding hydrogens is 262 g/mol. The highest BCUT2D eigenvalue weighted by molar-refractivity contribution is 5.46. The highest BCUT2D eigenvalue weighted by Gasteiger charge is 2.31. The molecule has 0 aromatic heterocycles. The molecule has 1 N–H and O–H groups in total. The van der Waals surface area contributed by atoms with Crippen molar-refractivity contribution in [3.05, 3.63) is 29.6 Å². The van der Waals surface area contributed by atoms with Crippen molar-refractivity contribution < 1.29 is 22.3 Å². The molecule has 1 aromatic carbocycles. The zero-order chi connectivity index (χ0) is 13.9. The second kappa shape index (κ2) is 5.77. The normalized spacial score (nSPS) is 19.7. The molecular formula is C13H15F4NO. The summed E-state index contributed by atoms with van der Waals surface area (Å²) in [5, 5.41) is 2.82. The second-order valence-corrected chi connectivity index (χ2v) is 4.64. The topological polar surface area (TPSA) is 21.3 Å². The smallest absolute Gasteiger partial charge is 0.383 e. The van der Waals surface area contributed by atoms with Crippen LogP contribution in [0.5, 0.6) is 0 Å². The Morgan fingerprint density at radius 1 is 1.32 bits per heavy atom. The van der Waals surface area contributed by atoms with Gasteiger partial charge in [-0.25, -0.2) is 4.39 Å². The van der Waals surface area contributed by atoms with Crippen LogP contribution in [0.4, 0.5) is 23.2 Å². The van der Waals surface area contributed by atoms with Crippen LogP contribution in [0.15, 0.2) is 18.2 Å². The average Bonchev–Trinajstić information content (AvgIpc) is 2.83. The molecule has 2 nitrogen and oxygen atoms in total. The van der Waals surface area contributed by atoms with Crippen LogP contribution in [0, 0.1) is 11.7 Å². The number of halogens is 4. The SMILES string of the molecule is Fc1cc(C(F)(F)F)ccc1NCCC1CCOC1. The van der Waals surface area contributed by atoms with Gasteiger partial charge in [0.05, 0.1) is 11.3 Å². The van der Waals surface area contributed by atoms with E-state index in [0.29, 0.717) is 25.1 Å². The molecule has 1 unspecified atom stereocenters. The third kappa shape index (κ3) is 3.83. The van der Waals surface area contributed by atoms with Gasteiger partial charge in [0, 0.05) is 19.8 Å². The molecule has 0 bridgehead atoms. The van der Waals surface area contributed by atoms with Gasteiger partial charge in [-0.3, -0.25) is 0 Å². The molecule has 1 aromatic rings. The lowest BCUT2D eigenvalue weighted by Gasteiger charge is -2.12. The highest BCUT2D eigenvalue weighted by Crippen LogP contribution is 2.31. The van der Waals surface area contributed by atoms with Crippen LogP contribution in [0.25, 0.3) is 0 Å². The van der Waals surface area contributed by atoms with Gasteiger partial charge in [0.15, 0.2) is 0 Å². The lowest BCUT2D eigenvalue weighted by molar-refractivity contribution is -0.137. The Kier molecular flexibility index (Phi) is 4.29. The highest BCUT2D eigenvalue weighted by atomic mass is 19.4. The van der Waals surface area contributed by atoms with Gasteiger partial charge in [0.2, 0.25) is 0 Å². The molecule has 0 aliphatic carbocycles. The van der Waals surface area contributed by atoms with Crippen molar-refractivity contribution in [3.63, 3.8) is 0 Å². The van der Waals surface area contributed by atoms with Gasteiger partial charge in [-0.2, -0.15) is 13.2 Å². The van der Waals surface area contributed by atoms with E-state index in [1.165, 1.54) is 0 Å². The van der Waals surface area contributed by atoms with Gasteiger partial charge >= 0.3 is 6.18 Å². The first-order valence-corrected chi connectivity index (χ1v) is 6.15. The Labute approximate surface area is 108 Å². The summed E-state index contributed by atoms with van der Waals surface area (Å²) >= 11 is 0. The number of hydrogen-bond acceptors (Lipinski definition) is 2. The molecule has 1 aliphatic rings. The fraction of sp³-hybridized carbons (Fsp3) is 0.538. The van der Waals surface area contributed by atoms with Crippen LogP contribution < -0.4 is 5.32 Å². The summed E-state index contributed by atoms with van der Waals surface area (Å²) in [6.45, 7) is 1.98. The summed E-state index contributed by atoms with van der Waals surface area (Å²) in [6.07, 6.45) is -2.71. The minimum atomic E-state index is -4.51. The standard InChI is InChI=1S/C13H15F4NO/c14-11-7-10(13(15,16)17)1-2-12(11)18-5-3-9-4-6-19-8-9/h1-2,7,9,18H,3-6,8H2. The molecule has 1 aliphatic heterocycles. The Morgan fingerprint density at radius 3 is 2.68 bits per heavy atom. The van der Waals surface area contributed by atoms with Gasteiger partial charge in [-0.05, 0) is 37.0 Å². The van der Waals surface area contributed by atoms with Gasteiger partial charge in [0.25, 0.3) is 0 Å². The fourth-order valence-corrected chi connectivity index (χ4v) is 2.06. The maximum Gasteiger partial charge on any atom is 0.416 e. The largest absolute Gasteiger partial charge is 0.416 e. The summed E-state index contributed by atoms with van der Waals surface area (Å²) in [4.78, 5) is 0. The van der Waals surface area contributed by atoms with E-state index in [0.717, 1.165) is 31.6 Å². The van der Waals surface area contributed by atoms with Crippen molar-refractivity contribution in [1.82, 2.24) is 0 Å². The second-order valence-electron chi connectivity index (χ2n) is 4.64. The van der Waals surface area contributed by atoms with Crippen LogP contribution >= 0.6 is 0 Å². The molecule has 2 rings (SSSR count). The predicted molar refractivity (Wildman–Crippen MR) is 63.4 cm³/mol. The number of rotatable bonds is 4. The zero-order valence-corrected chi connectivity index (χ0v) is 10.3. The number of hydrogen-bond donors (Lipinski definition) is 1. The van der Waals surface area contributed by atoms with Crippen molar-refractivity contribution in [2.45, 2.75) is 19.0 Å². The van der Waals surface area contributed by atoms with Crippen molar-refractivity contribution in [2.24, 2.45) is 5.92 Å². The summed E-state index contributed by atoms with van der Waals surface area (Å²) in [6, 6.07) is 2.52. The quantitative estimate of drug-likeness (QED) is 0.848. The number of anilines is 1. The van der Waals surface area contributed by atoms with E-state index < -0.39 is 17.6 Å². The molecule has 6 heteroatoms. The minimum absolute atomic E-state index is 0.104. The maximum absolute atomic E-state index is 13.5.